The summed E-state index contributed by atoms with van der Waals surface area (Å²) in [6.07, 6.45) is 5.32. The van der Waals surface area contributed by atoms with Gasteiger partial charge in [-0.05, 0) is 25.0 Å². The fourth-order valence-corrected chi connectivity index (χ4v) is 3.50. The van der Waals surface area contributed by atoms with Gasteiger partial charge in [-0.2, -0.15) is 5.10 Å². The number of rotatable bonds is 5. The lowest BCUT2D eigenvalue weighted by atomic mass is 10.0. The average Bonchev–Trinajstić information content (AvgIpc) is 3.21. The van der Waals surface area contributed by atoms with Crippen molar-refractivity contribution in [2.24, 2.45) is 0 Å². The number of H-pyrrole nitrogens is 1. The Labute approximate surface area is 158 Å². The van der Waals surface area contributed by atoms with Gasteiger partial charge in [-0.3, -0.25) is 19.8 Å². The molecule has 0 spiro atoms. The summed E-state index contributed by atoms with van der Waals surface area (Å²) in [6, 6.07) is 16.0. The SMILES string of the molecule is O=C(NC1CCN(Cc2ccccn2)CC1)c1cn[nH]c1-c1ccccc1. The fraction of sp³-hybridized carbons (Fsp3) is 0.286. The van der Waals surface area contributed by atoms with Gasteiger partial charge >= 0.3 is 0 Å². The quantitative estimate of drug-likeness (QED) is 0.733. The van der Waals surface area contributed by atoms with Gasteiger partial charge < -0.3 is 5.32 Å². The molecule has 2 N–H and O–H groups in total. The maximum absolute atomic E-state index is 12.7. The van der Waals surface area contributed by atoms with Gasteiger partial charge in [0.05, 0.1) is 23.1 Å². The largest absolute Gasteiger partial charge is 0.349 e. The predicted octanol–water partition coefficient (Wildman–Crippen LogP) is 2.87. The van der Waals surface area contributed by atoms with Crippen molar-refractivity contribution in [1.29, 1.82) is 0 Å². The number of hydrogen-bond donors (Lipinski definition) is 2. The third kappa shape index (κ3) is 4.23. The van der Waals surface area contributed by atoms with E-state index >= 15 is 0 Å². The molecule has 0 atom stereocenters. The van der Waals surface area contributed by atoms with E-state index in [9.17, 15) is 4.79 Å². The van der Waals surface area contributed by atoms with Crippen molar-refractivity contribution in [2.75, 3.05) is 13.1 Å². The van der Waals surface area contributed by atoms with Crippen molar-refractivity contribution >= 4 is 5.91 Å². The van der Waals surface area contributed by atoms with Crippen molar-refractivity contribution in [3.05, 3.63) is 72.2 Å². The molecule has 3 heterocycles. The number of pyridine rings is 1. The van der Waals surface area contributed by atoms with Crippen molar-refractivity contribution in [1.82, 2.24) is 25.4 Å². The number of carbonyl (C=O) groups is 1. The molecule has 2 aromatic heterocycles. The zero-order chi connectivity index (χ0) is 18.5. The second-order valence-corrected chi connectivity index (χ2v) is 6.87. The highest BCUT2D eigenvalue weighted by atomic mass is 16.1. The second kappa shape index (κ2) is 8.14. The van der Waals surface area contributed by atoms with E-state index in [1.165, 1.54) is 0 Å². The summed E-state index contributed by atoms with van der Waals surface area (Å²) in [4.78, 5) is 19.5. The molecule has 1 aliphatic rings. The molecular formula is C21H23N5O. The minimum Gasteiger partial charge on any atom is -0.349 e. The van der Waals surface area contributed by atoms with Crippen LogP contribution in [0.25, 0.3) is 11.3 Å². The summed E-state index contributed by atoms with van der Waals surface area (Å²) in [5.41, 5.74) is 3.41. The zero-order valence-corrected chi connectivity index (χ0v) is 15.1. The number of benzene rings is 1. The van der Waals surface area contributed by atoms with Crippen molar-refractivity contribution < 1.29 is 4.79 Å². The monoisotopic (exact) mass is 361 g/mol. The van der Waals surface area contributed by atoms with Gasteiger partial charge in [0.25, 0.3) is 5.91 Å². The van der Waals surface area contributed by atoms with Crippen molar-refractivity contribution in [2.45, 2.75) is 25.4 Å². The summed E-state index contributed by atoms with van der Waals surface area (Å²) in [6.45, 7) is 2.78. The Morgan fingerprint density at radius 2 is 1.89 bits per heavy atom. The van der Waals surface area contributed by atoms with Crippen LogP contribution in [0.15, 0.2) is 60.9 Å². The number of nitrogens with zero attached hydrogens (tertiary/aromatic N) is 3. The first-order valence-corrected chi connectivity index (χ1v) is 9.31. The van der Waals surface area contributed by atoms with Gasteiger partial charge in [0.2, 0.25) is 0 Å². The summed E-state index contributed by atoms with van der Waals surface area (Å²) in [5.74, 6) is -0.0641. The molecule has 6 nitrogen and oxygen atoms in total. The van der Waals surface area contributed by atoms with Crippen LogP contribution in [0, 0.1) is 0 Å². The molecule has 3 aromatic rings. The second-order valence-electron chi connectivity index (χ2n) is 6.87. The first-order valence-electron chi connectivity index (χ1n) is 9.31. The molecule has 1 amide bonds. The smallest absolute Gasteiger partial charge is 0.255 e. The van der Waals surface area contributed by atoms with Crippen molar-refractivity contribution in [3.63, 3.8) is 0 Å². The number of hydrogen-bond acceptors (Lipinski definition) is 4. The third-order valence-electron chi connectivity index (χ3n) is 4.98. The first-order chi connectivity index (χ1) is 13.3. The number of nitrogens with one attached hydrogen (secondary N) is 2. The highest BCUT2D eigenvalue weighted by molar-refractivity contribution is 5.99. The van der Waals surface area contributed by atoms with Crippen LogP contribution in [0.5, 0.6) is 0 Å². The van der Waals surface area contributed by atoms with Crippen LogP contribution >= 0.6 is 0 Å². The van der Waals surface area contributed by atoms with E-state index in [0.717, 1.165) is 49.4 Å². The molecule has 1 aromatic carbocycles. The highest BCUT2D eigenvalue weighted by Crippen LogP contribution is 2.21. The van der Waals surface area contributed by atoms with E-state index in [0.29, 0.717) is 5.56 Å². The molecule has 0 bridgehead atoms. The van der Waals surface area contributed by atoms with Crippen molar-refractivity contribution in [3.8, 4) is 11.3 Å². The number of likely N-dealkylation sites (tertiary alicyclic amines) is 1. The number of aromatic amines is 1. The minimum atomic E-state index is -0.0641. The number of amides is 1. The molecule has 0 saturated carbocycles. The summed E-state index contributed by atoms with van der Waals surface area (Å²) >= 11 is 0. The van der Waals surface area contributed by atoms with Gasteiger partial charge in [-0.25, -0.2) is 0 Å². The Bertz CT molecular complexity index is 870. The molecule has 1 fully saturated rings. The van der Waals surface area contributed by atoms with Gasteiger partial charge in [-0.1, -0.05) is 36.4 Å². The van der Waals surface area contributed by atoms with Gasteiger partial charge in [-0.15, -0.1) is 0 Å². The maximum Gasteiger partial charge on any atom is 0.255 e. The normalized spacial score (nSPS) is 15.6. The maximum atomic E-state index is 12.7. The number of piperidine rings is 1. The Kier molecular flexibility index (Phi) is 5.25. The lowest BCUT2D eigenvalue weighted by Crippen LogP contribution is -2.44. The molecule has 4 rings (SSSR count). The molecule has 0 radical (unpaired) electrons. The summed E-state index contributed by atoms with van der Waals surface area (Å²) in [5, 5.41) is 10.2. The number of carbonyl (C=O) groups excluding carboxylic acids is 1. The predicted molar refractivity (Wildman–Crippen MR) is 104 cm³/mol. The minimum absolute atomic E-state index is 0.0641. The molecule has 27 heavy (non-hydrogen) atoms. The van der Waals surface area contributed by atoms with E-state index in [1.807, 2.05) is 48.7 Å². The Hall–Kier alpha value is -2.99. The van der Waals surface area contributed by atoms with Crippen LogP contribution in [0.1, 0.15) is 28.9 Å². The lowest BCUT2D eigenvalue weighted by molar-refractivity contribution is 0.0909. The standard InChI is InChI=1S/C21H23N5O/c27-21(19-14-23-25-20(19)16-6-2-1-3-7-16)24-17-9-12-26(13-10-17)15-18-8-4-5-11-22-18/h1-8,11,14,17H,9-10,12-13,15H2,(H,23,25)(H,24,27). The van der Waals surface area contributed by atoms with Crippen LogP contribution in [-0.4, -0.2) is 45.1 Å². The van der Waals surface area contributed by atoms with Gasteiger partial charge in [0, 0.05) is 37.4 Å². The van der Waals surface area contributed by atoms with Crippen LogP contribution < -0.4 is 5.32 Å². The Morgan fingerprint density at radius 1 is 1.11 bits per heavy atom. The van der Waals surface area contributed by atoms with E-state index in [4.69, 9.17) is 0 Å². The van der Waals surface area contributed by atoms with Crippen LogP contribution in [0.3, 0.4) is 0 Å². The molecule has 1 saturated heterocycles. The number of aromatic nitrogens is 3. The topological polar surface area (TPSA) is 73.9 Å². The molecule has 138 valence electrons. The van der Waals surface area contributed by atoms with Crippen LogP contribution in [0.2, 0.25) is 0 Å². The molecule has 1 aliphatic heterocycles. The molecular weight excluding hydrogens is 338 g/mol. The van der Waals surface area contributed by atoms with E-state index < -0.39 is 0 Å². The Balaban J connectivity index is 1.33. The summed E-state index contributed by atoms with van der Waals surface area (Å²) in [7, 11) is 0. The fourth-order valence-electron chi connectivity index (χ4n) is 3.50. The lowest BCUT2D eigenvalue weighted by Gasteiger charge is -2.32. The van der Waals surface area contributed by atoms with Crippen LogP contribution in [0.4, 0.5) is 0 Å². The highest BCUT2D eigenvalue weighted by Gasteiger charge is 2.23. The average molecular weight is 361 g/mol. The van der Waals surface area contributed by atoms with E-state index in [-0.39, 0.29) is 11.9 Å². The van der Waals surface area contributed by atoms with E-state index in [2.05, 4.69) is 31.5 Å². The van der Waals surface area contributed by atoms with Crippen LogP contribution in [-0.2, 0) is 6.54 Å². The summed E-state index contributed by atoms with van der Waals surface area (Å²) < 4.78 is 0. The molecule has 6 heteroatoms. The first kappa shape index (κ1) is 17.4. The van der Waals surface area contributed by atoms with Gasteiger partial charge in [0.15, 0.2) is 0 Å². The molecule has 0 unspecified atom stereocenters. The Morgan fingerprint density at radius 3 is 2.63 bits per heavy atom. The van der Waals surface area contributed by atoms with E-state index in [1.54, 1.807) is 6.20 Å². The third-order valence-corrected chi connectivity index (χ3v) is 4.98. The zero-order valence-electron chi connectivity index (χ0n) is 15.1. The van der Waals surface area contributed by atoms with Gasteiger partial charge in [0.1, 0.15) is 0 Å². The molecule has 0 aliphatic carbocycles.